The van der Waals surface area contributed by atoms with Crippen molar-refractivity contribution in [2.45, 2.75) is 25.6 Å². The summed E-state index contributed by atoms with van der Waals surface area (Å²) in [6.45, 7) is 3.23. The van der Waals surface area contributed by atoms with Gasteiger partial charge in [-0.2, -0.15) is 0 Å². The zero-order valence-electron chi connectivity index (χ0n) is 9.76. The second-order valence-corrected chi connectivity index (χ2v) is 3.94. The minimum atomic E-state index is -1.19. The van der Waals surface area contributed by atoms with Gasteiger partial charge in [-0.1, -0.05) is 0 Å². The molecular weight excluding hydrogens is 216 g/mol. The number of hydroxylamine groups is 2. The monoisotopic (exact) mass is 232 g/mol. The third kappa shape index (κ3) is 2.10. The molecule has 1 N–H and O–H groups in total. The van der Waals surface area contributed by atoms with Gasteiger partial charge in [0.25, 0.3) is 5.91 Å². The van der Waals surface area contributed by atoms with Gasteiger partial charge in [0.2, 0.25) is 0 Å². The average molecular weight is 232 g/mol. The maximum absolute atomic E-state index is 11.8. The average Bonchev–Trinajstić information content (AvgIpc) is 2.51. The van der Waals surface area contributed by atoms with Gasteiger partial charge in [-0.3, -0.25) is 14.5 Å². The Kier molecular flexibility index (Phi) is 3.39. The van der Waals surface area contributed by atoms with E-state index < -0.39 is 23.8 Å². The van der Waals surface area contributed by atoms with Crippen LogP contribution in [0.4, 0.5) is 4.79 Å². The molecule has 0 aliphatic carbocycles. The summed E-state index contributed by atoms with van der Waals surface area (Å²) in [5.41, 5.74) is -0.999. The van der Waals surface area contributed by atoms with E-state index in [1.54, 1.807) is 13.8 Å². The first-order valence-electron chi connectivity index (χ1n) is 4.79. The van der Waals surface area contributed by atoms with Crippen LogP contribution in [-0.2, 0) is 14.4 Å². The predicted molar refractivity (Wildman–Crippen MR) is 53.5 cm³/mol. The number of carbonyl (C=O) groups excluding carboxylic acids is 1. The van der Waals surface area contributed by atoms with Crippen LogP contribution in [0.1, 0.15) is 13.8 Å². The van der Waals surface area contributed by atoms with Crippen LogP contribution in [0.3, 0.4) is 0 Å². The lowest BCUT2D eigenvalue weighted by molar-refractivity contribution is -0.173. The highest BCUT2D eigenvalue weighted by molar-refractivity contribution is 5.85. The van der Waals surface area contributed by atoms with Crippen molar-refractivity contribution < 1.29 is 24.3 Å². The predicted octanol–water partition coefficient (Wildman–Crippen LogP) is 0.121. The van der Waals surface area contributed by atoms with E-state index in [2.05, 4.69) is 0 Å². The minimum Gasteiger partial charge on any atom is -0.465 e. The third-order valence-corrected chi connectivity index (χ3v) is 2.56. The van der Waals surface area contributed by atoms with Crippen LogP contribution in [0.25, 0.3) is 0 Å². The van der Waals surface area contributed by atoms with E-state index in [1.807, 2.05) is 0 Å². The first-order chi connectivity index (χ1) is 7.31. The maximum atomic E-state index is 11.8. The van der Waals surface area contributed by atoms with E-state index in [0.717, 1.165) is 9.96 Å². The molecule has 0 aromatic rings. The highest BCUT2D eigenvalue weighted by atomic mass is 16.7. The SMILES string of the molecule is CON(C)C(=O)[C@@H]1COC(C)(C)N1C(=O)O. The van der Waals surface area contributed by atoms with Crippen molar-refractivity contribution >= 4 is 12.0 Å². The number of carbonyl (C=O) groups is 2. The molecule has 0 aromatic heterocycles. The smallest absolute Gasteiger partial charge is 0.410 e. The molecule has 0 spiro atoms. The Labute approximate surface area is 93.5 Å². The summed E-state index contributed by atoms with van der Waals surface area (Å²) in [5.74, 6) is -0.449. The van der Waals surface area contributed by atoms with Crippen molar-refractivity contribution in [3.05, 3.63) is 0 Å². The second kappa shape index (κ2) is 4.26. The van der Waals surface area contributed by atoms with Crippen molar-refractivity contribution in [2.75, 3.05) is 20.8 Å². The van der Waals surface area contributed by atoms with Crippen LogP contribution in [0.15, 0.2) is 0 Å². The van der Waals surface area contributed by atoms with E-state index >= 15 is 0 Å². The first-order valence-corrected chi connectivity index (χ1v) is 4.79. The Morgan fingerprint density at radius 1 is 1.56 bits per heavy atom. The molecule has 0 bridgehead atoms. The maximum Gasteiger partial charge on any atom is 0.410 e. The third-order valence-electron chi connectivity index (χ3n) is 2.56. The van der Waals surface area contributed by atoms with E-state index in [9.17, 15) is 9.59 Å². The topological polar surface area (TPSA) is 79.3 Å². The van der Waals surface area contributed by atoms with Crippen molar-refractivity contribution in [3.63, 3.8) is 0 Å². The molecule has 2 amide bonds. The second-order valence-electron chi connectivity index (χ2n) is 3.94. The number of hydrogen-bond donors (Lipinski definition) is 1. The number of carboxylic acid groups (broad SMARTS) is 1. The lowest BCUT2D eigenvalue weighted by Gasteiger charge is -2.31. The molecule has 0 saturated carbocycles. The summed E-state index contributed by atoms with van der Waals surface area (Å²) in [6.07, 6.45) is -1.19. The standard InChI is InChI=1S/C9H16N2O5/c1-9(2)11(8(13)14)6(5-16-9)7(12)10(3)15-4/h6H,5H2,1-4H3,(H,13,14)/t6-/m0/s1. The summed E-state index contributed by atoms with van der Waals surface area (Å²) in [5, 5.41) is 10.0. The Morgan fingerprint density at radius 2 is 2.12 bits per heavy atom. The van der Waals surface area contributed by atoms with E-state index in [1.165, 1.54) is 14.2 Å². The molecule has 1 aliphatic heterocycles. The van der Waals surface area contributed by atoms with E-state index in [4.69, 9.17) is 14.7 Å². The Hall–Kier alpha value is -1.34. The number of ether oxygens (including phenoxy) is 1. The number of amides is 2. The molecular formula is C9H16N2O5. The molecule has 1 aliphatic rings. The van der Waals surface area contributed by atoms with Crippen molar-refractivity contribution in [3.8, 4) is 0 Å². The van der Waals surface area contributed by atoms with Gasteiger partial charge in [-0.25, -0.2) is 9.86 Å². The van der Waals surface area contributed by atoms with Gasteiger partial charge in [0.05, 0.1) is 13.7 Å². The quantitative estimate of drug-likeness (QED) is 0.684. The minimum absolute atomic E-state index is 0.0336. The zero-order valence-corrected chi connectivity index (χ0v) is 9.76. The van der Waals surface area contributed by atoms with Crippen LogP contribution in [-0.4, -0.2) is 59.6 Å². The molecule has 1 fully saturated rings. The van der Waals surface area contributed by atoms with Crippen molar-refractivity contribution in [1.82, 2.24) is 9.96 Å². The lowest BCUT2D eigenvalue weighted by atomic mass is 10.2. The summed E-state index contributed by atoms with van der Waals surface area (Å²) >= 11 is 0. The molecule has 16 heavy (non-hydrogen) atoms. The normalized spacial score (nSPS) is 23.2. The number of hydrogen-bond acceptors (Lipinski definition) is 4. The number of rotatable bonds is 2. The van der Waals surface area contributed by atoms with Crippen molar-refractivity contribution in [2.24, 2.45) is 0 Å². The van der Waals surface area contributed by atoms with E-state index in [-0.39, 0.29) is 6.61 Å². The molecule has 0 aromatic carbocycles. The summed E-state index contributed by atoms with van der Waals surface area (Å²) in [7, 11) is 2.76. The van der Waals surface area contributed by atoms with Crippen molar-refractivity contribution in [1.29, 1.82) is 0 Å². The largest absolute Gasteiger partial charge is 0.465 e. The summed E-state index contributed by atoms with van der Waals surface area (Å²) < 4.78 is 5.28. The van der Waals surface area contributed by atoms with Gasteiger partial charge < -0.3 is 9.84 Å². The van der Waals surface area contributed by atoms with Crippen LogP contribution in [0.2, 0.25) is 0 Å². The molecule has 7 nitrogen and oxygen atoms in total. The molecule has 1 atom stereocenters. The van der Waals surface area contributed by atoms with E-state index in [0.29, 0.717) is 0 Å². The lowest BCUT2D eigenvalue weighted by Crippen LogP contribution is -2.53. The zero-order chi connectivity index (χ0) is 12.5. The highest BCUT2D eigenvalue weighted by Gasteiger charge is 2.48. The van der Waals surface area contributed by atoms with Crippen LogP contribution in [0.5, 0.6) is 0 Å². The molecule has 92 valence electrons. The Bertz CT molecular complexity index is 304. The molecule has 1 rings (SSSR count). The number of nitrogens with zero attached hydrogens (tertiary/aromatic N) is 2. The Balaban J connectivity index is 2.90. The van der Waals surface area contributed by atoms with Crippen LogP contribution in [0, 0.1) is 0 Å². The van der Waals surface area contributed by atoms with Gasteiger partial charge in [0, 0.05) is 7.05 Å². The fourth-order valence-corrected chi connectivity index (χ4v) is 1.65. The molecule has 7 heteroatoms. The van der Waals surface area contributed by atoms with Crippen LogP contribution >= 0.6 is 0 Å². The van der Waals surface area contributed by atoms with Gasteiger partial charge in [0.1, 0.15) is 11.8 Å². The van der Waals surface area contributed by atoms with Gasteiger partial charge in [-0.05, 0) is 13.8 Å². The summed E-state index contributed by atoms with van der Waals surface area (Å²) in [6, 6.07) is -0.863. The first kappa shape index (κ1) is 12.7. The highest BCUT2D eigenvalue weighted by Crippen LogP contribution is 2.28. The molecule has 1 heterocycles. The van der Waals surface area contributed by atoms with Gasteiger partial charge in [-0.15, -0.1) is 0 Å². The summed E-state index contributed by atoms with van der Waals surface area (Å²) in [4.78, 5) is 28.6. The number of likely N-dealkylation sites (N-methyl/N-ethyl adjacent to an activating group) is 1. The molecule has 0 unspecified atom stereocenters. The Morgan fingerprint density at radius 3 is 2.56 bits per heavy atom. The molecule has 1 saturated heterocycles. The fourth-order valence-electron chi connectivity index (χ4n) is 1.65. The molecule has 0 radical (unpaired) electrons. The van der Waals surface area contributed by atoms with Gasteiger partial charge in [0.15, 0.2) is 0 Å². The van der Waals surface area contributed by atoms with Crippen LogP contribution < -0.4 is 0 Å². The van der Waals surface area contributed by atoms with Gasteiger partial charge >= 0.3 is 6.09 Å². The fraction of sp³-hybridized carbons (Fsp3) is 0.778.